The molecule has 0 fully saturated rings. The molecule has 3 heteroatoms. The lowest BCUT2D eigenvalue weighted by atomic mass is 9.97. The minimum absolute atomic E-state index is 0.180. The number of hydrogen-bond donors (Lipinski definition) is 0. The molecule has 0 aliphatic heterocycles. The second-order valence-corrected chi connectivity index (χ2v) is 5.99. The van der Waals surface area contributed by atoms with Crippen LogP contribution in [0.15, 0.2) is 24.3 Å². The van der Waals surface area contributed by atoms with Gasteiger partial charge in [0.05, 0.1) is 0 Å². The Kier molecular flexibility index (Phi) is 6.57. The number of halogens is 2. The first-order valence-corrected chi connectivity index (χ1v) is 7.97. The Labute approximate surface area is 123 Å². The highest BCUT2D eigenvalue weighted by Crippen LogP contribution is 2.30. The highest BCUT2D eigenvalue weighted by Gasteiger charge is 2.28. The van der Waals surface area contributed by atoms with Crippen molar-refractivity contribution in [3.63, 3.8) is 0 Å². The molecular weight excluding hydrogens is 342 g/mol. The molecule has 1 rings (SSSR count). The van der Waals surface area contributed by atoms with Crippen LogP contribution in [0.3, 0.4) is 0 Å². The van der Waals surface area contributed by atoms with Gasteiger partial charge in [0.1, 0.15) is 11.4 Å². The highest BCUT2D eigenvalue weighted by molar-refractivity contribution is 14.1. The first kappa shape index (κ1) is 15.9. The molecule has 0 heterocycles. The van der Waals surface area contributed by atoms with Gasteiger partial charge in [-0.3, -0.25) is 0 Å². The normalized spacial score (nSPS) is 14.8. The lowest BCUT2D eigenvalue weighted by Crippen LogP contribution is -2.29. The second-order valence-electron chi connectivity index (χ2n) is 5.23. The van der Waals surface area contributed by atoms with E-state index in [2.05, 4.69) is 36.4 Å². The molecule has 1 unspecified atom stereocenters. The van der Waals surface area contributed by atoms with Crippen LogP contribution in [0.25, 0.3) is 0 Å². The summed E-state index contributed by atoms with van der Waals surface area (Å²) in [6.07, 6.45) is 2.17. The summed E-state index contributed by atoms with van der Waals surface area (Å²) in [5, 5.41) is 0. The Hall–Kier alpha value is -0.160. The maximum absolute atomic E-state index is 13.8. The van der Waals surface area contributed by atoms with E-state index in [-0.39, 0.29) is 5.82 Å². The Morgan fingerprint density at radius 2 is 2.00 bits per heavy atom. The molecule has 0 aromatic heterocycles. The number of ether oxygens (including phenoxy) is 1. The summed E-state index contributed by atoms with van der Waals surface area (Å²) >= 11 is 2.26. The first-order valence-electron chi connectivity index (χ1n) is 6.44. The maximum Gasteiger partial charge on any atom is 0.129 e. The van der Waals surface area contributed by atoms with Gasteiger partial charge in [-0.1, -0.05) is 54.6 Å². The third kappa shape index (κ3) is 4.50. The van der Waals surface area contributed by atoms with Gasteiger partial charge < -0.3 is 4.74 Å². The van der Waals surface area contributed by atoms with Crippen LogP contribution in [0.5, 0.6) is 0 Å². The van der Waals surface area contributed by atoms with Crippen LogP contribution < -0.4 is 0 Å². The van der Waals surface area contributed by atoms with Crippen molar-refractivity contribution in [2.75, 3.05) is 11.0 Å². The summed E-state index contributed by atoms with van der Waals surface area (Å²) in [4.78, 5) is 0. The van der Waals surface area contributed by atoms with E-state index < -0.39 is 5.60 Å². The Balaban J connectivity index is 2.65. The van der Waals surface area contributed by atoms with Gasteiger partial charge in [0.25, 0.3) is 0 Å². The fourth-order valence-electron chi connectivity index (χ4n) is 1.87. The molecule has 0 saturated carbocycles. The summed E-state index contributed by atoms with van der Waals surface area (Å²) in [5.41, 5.74) is 0.132. The largest absolute Gasteiger partial charge is 0.370 e. The van der Waals surface area contributed by atoms with E-state index in [1.54, 1.807) is 6.07 Å². The van der Waals surface area contributed by atoms with Crippen LogP contribution in [-0.4, -0.2) is 11.0 Å². The molecule has 18 heavy (non-hydrogen) atoms. The molecule has 0 amide bonds. The number of benzene rings is 1. The summed E-state index contributed by atoms with van der Waals surface area (Å²) in [7, 11) is 0. The number of hydrogen-bond acceptors (Lipinski definition) is 1. The van der Waals surface area contributed by atoms with E-state index in [9.17, 15) is 4.39 Å². The minimum Gasteiger partial charge on any atom is -0.370 e. The predicted molar refractivity (Wildman–Crippen MR) is 82.7 cm³/mol. The molecule has 0 aliphatic carbocycles. The van der Waals surface area contributed by atoms with Crippen LogP contribution in [0.2, 0.25) is 0 Å². The third-order valence-electron chi connectivity index (χ3n) is 3.05. The zero-order valence-corrected chi connectivity index (χ0v) is 13.5. The van der Waals surface area contributed by atoms with Gasteiger partial charge in [-0.05, 0) is 31.7 Å². The van der Waals surface area contributed by atoms with Gasteiger partial charge in [-0.25, -0.2) is 4.39 Å². The lowest BCUT2D eigenvalue weighted by Gasteiger charge is -2.29. The molecule has 1 aromatic rings. The van der Waals surface area contributed by atoms with Crippen LogP contribution >= 0.6 is 22.6 Å². The van der Waals surface area contributed by atoms with E-state index in [0.29, 0.717) is 18.1 Å². The molecule has 1 atom stereocenters. The zero-order valence-electron chi connectivity index (χ0n) is 11.4. The van der Waals surface area contributed by atoms with E-state index in [0.717, 1.165) is 17.3 Å². The summed E-state index contributed by atoms with van der Waals surface area (Å²) in [6, 6.07) is 6.89. The first-order chi connectivity index (χ1) is 8.49. The monoisotopic (exact) mass is 364 g/mol. The van der Waals surface area contributed by atoms with Crippen molar-refractivity contribution in [3.8, 4) is 0 Å². The van der Waals surface area contributed by atoms with Gasteiger partial charge in [0, 0.05) is 16.6 Å². The van der Waals surface area contributed by atoms with Crippen molar-refractivity contribution >= 4 is 22.6 Å². The van der Waals surface area contributed by atoms with Gasteiger partial charge in [0.15, 0.2) is 0 Å². The van der Waals surface area contributed by atoms with Crippen LogP contribution in [-0.2, 0) is 10.3 Å². The maximum atomic E-state index is 13.8. The molecule has 102 valence electrons. The van der Waals surface area contributed by atoms with Crippen molar-refractivity contribution in [2.24, 2.45) is 5.92 Å². The quantitative estimate of drug-likeness (QED) is 0.379. The zero-order chi connectivity index (χ0) is 13.6. The predicted octanol–water partition coefficient (Wildman–Crippen LogP) is 4.93. The smallest absolute Gasteiger partial charge is 0.129 e. The highest BCUT2D eigenvalue weighted by atomic mass is 127. The third-order valence-corrected chi connectivity index (χ3v) is 4.50. The van der Waals surface area contributed by atoms with Crippen molar-refractivity contribution in [2.45, 2.75) is 39.2 Å². The van der Waals surface area contributed by atoms with Crippen LogP contribution in [0.4, 0.5) is 4.39 Å². The summed E-state index contributed by atoms with van der Waals surface area (Å²) in [5.74, 6) is 0.508. The SMILES string of the molecule is CC(C)CCCOC(C)(CI)c1ccccc1F. The molecular formula is C15H22FIO. The van der Waals surface area contributed by atoms with Gasteiger partial charge in [-0.15, -0.1) is 0 Å². The summed E-state index contributed by atoms with van der Waals surface area (Å²) in [6.45, 7) is 7.06. The van der Waals surface area contributed by atoms with Crippen LogP contribution in [0.1, 0.15) is 39.2 Å². The van der Waals surface area contributed by atoms with Crippen LogP contribution in [0, 0.1) is 11.7 Å². The topological polar surface area (TPSA) is 9.23 Å². The van der Waals surface area contributed by atoms with Gasteiger partial charge >= 0.3 is 0 Å². The van der Waals surface area contributed by atoms with E-state index in [1.165, 1.54) is 6.07 Å². The Bertz CT molecular complexity index is 367. The second kappa shape index (κ2) is 7.43. The molecule has 0 N–H and O–H groups in total. The van der Waals surface area contributed by atoms with Crippen molar-refractivity contribution in [1.29, 1.82) is 0 Å². The van der Waals surface area contributed by atoms with Crippen molar-refractivity contribution < 1.29 is 9.13 Å². The molecule has 1 aromatic carbocycles. The molecule has 0 spiro atoms. The minimum atomic E-state index is -0.525. The van der Waals surface area contributed by atoms with Gasteiger partial charge in [0.2, 0.25) is 0 Å². The molecule has 0 saturated heterocycles. The molecule has 0 bridgehead atoms. The van der Waals surface area contributed by atoms with Crippen molar-refractivity contribution in [1.82, 2.24) is 0 Å². The molecule has 0 radical (unpaired) electrons. The number of alkyl halides is 1. The van der Waals surface area contributed by atoms with E-state index in [4.69, 9.17) is 4.74 Å². The molecule has 0 aliphatic rings. The van der Waals surface area contributed by atoms with E-state index >= 15 is 0 Å². The lowest BCUT2D eigenvalue weighted by molar-refractivity contribution is -0.0203. The van der Waals surface area contributed by atoms with Crippen molar-refractivity contribution in [3.05, 3.63) is 35.6 Å². The molecule has 1 nitrogen and oxygen atoms in total. The average molecular weight is 364 g/mol. The average Bonchev–Trinajstić information content (AvgIpc) is 2.35. The standard InChI is InChI=1S/C15H22FIO/c1-12(2)7-6-10-18-15(3,11-17)13-8-4-5-9-14(13)16/h4-5,8-9,12H,6-7,10-11H2,1-3H3. The van der Waals surface area contributed by atoms with Gasteiger partial charge in [-0.2, -0.15) is 0 Å². The van der Waals surface area contributed by atoms with E-state index in [1.807, 2.05) is 19.1 Å². The fraction of sp³-hybridized carbons (Fsp3) is 0.600. The Morgan fingerprint density at radius 1 is 1.33 bits per heavy atom. The summed E-state index contributed by atoms with van der Waals surface area (Å²) < 4.78 is 20.5. The number of rotatable bonds is 7. The Morgan fingerprint density at radius 3 is 2.56 bits per heavy atom. The fourth-order valence-corrected chi connectivity index (χ4v) is 2.50.